The highest BCUT2D eigenvalue weighted by atomic mass is 35.5. The van der Waals surface area contributed by atoms with Gasteiger partial charge in [-0.25, -0.2) is 4.79 Å². The van der Waals surface area contributed by atoms with Crippen LogP contribution in [0.5, 0.6) is 5.75 Å². The number of esters is 1. The zero-order valence-corrected chi connectivity index (χ0v) is 18.2. The molecule has 0 spiro atoms. The Morgan fingerprint density at radius 3 is 2.28 bits per heavy atom. The fourth-order valence-corrected chi connectivity index (χ4v) is 3.09. The maximum absolute atomic E-state index is 12.5. The van der Waals surface area contributed by atoms with Crippen LogP contribution in [-0.4, -0.2) is 31.4 Å². The summed E-state index contributed by atoms with van der Waals surface area (Å²) < 4.78 is 10.3. The highest BCUT2D eigenvalue weighted by Gasteiger charge is 2.16. The summed E-state index contributed by atoms with van der Waals surface area (Å²) in [5.74, 6) is -0.534. The van der Waals surface area contributed by atoms with E-state index in [-0.39, 0.29) is 23.7 Å². The topological polar surface area (TPSA) is 81.7 Å². The Morgan fingerprint density at radius 1 is 0.906 bits per heavy atom. The number of hydrogen-bond donors (Lipinski definition) is 1. The SMILES string of the molecule is COc1ccc(CCC(=O)Nc2ccccc2C(=O)OCC(=O)c2ccc(Cl)cc2)cc1. The van der Waals surface area contributed by atoms with Gasteiger partial charge in [-0.3, -0.25) is 9.59 Å². The van der Waals surface area contributed by atoms with E-state index in [9.17, 15) is 14.4 Å². The van der Waals surface area contributed by atoms with Crippen LogP contribution in [0.3, 0.4) is 0 Å². The molecule has 164 valence electrons. The van der Waals surface area contributed by atoms with Crippen LogP contribution in [0.25, 0.3) is 0 Å². The molecular formula is C25H22ClNO5. The maximum Gasteiger partial charge on any atom is 0.340 e. The molecule has 0 aliphatic heterocycles. The predicted molar refractivity (Wildman–Crippen MR) is 122 cm³/mol. The number of halogens is 1. The predicted octanol–water partition coefficient (Wildman–Crippen LogP) is 4.96. The Morgan fingerprint density at radius 2 is 1.59 bits per heavy atom. The Hall–Kier alpha value is -3.64. The number of benzene rings is 3. The smallest absolute Gasteiger partial charge is 0.340 e. The third-order valence-corrected chi connectivity index (χ3v) is 4.97. The van der Waals surface area contributed by atoms with E-state index in [0.29, 0.717) is 22.7 Å². The highest BCUT2D eigenvalue weighted by molar-refractivity contribution is 6.30. The van der Waals surface area contributed by atoms with Crippen LogP contribution in [0, 0.1) is 0 Å². The summed E-state index contributed by atoms with van der Waals surface area (Å²) in [4.78, 5) is 37.1. The minimum Gasteiger partial charge on any atom is -0.497 e. The Kier molecular flexibility index (Phi) is 8.00. The molecule has 0 unspecified atom stereocenters. The summed E-state index contributed by atoms with van der Waals surface area (Å²) >= 11 is 5.82. The van der Waals surface area contributed by atoms with Gasteiger partial charge in [-0.2, -0.15) is 0 Å². The van der Waals surface area contributed by atoms with Crippen LogP contribution in [0.1, 0.15) is 32.7 Å². The fraction of sp³-hybridized carbons (Fsp3) is 0.160. The molecular weight excluding hydrogens is 430 g/mol. The van der Waals surface area contributed by atoms with Crippen molar-refractivity contribution in [3.63, 3.8) is 0 Å². The molecule has 0 aliphatic carbocycles. The van der Waals surface area contributed by atoms with Crippen molar-refractivity contribution in [2.75, 3.05) is 19.0 Å². The van der Waals surface area contributed by atoms with Crippen molar-refractivity contribution < 1.29 is 23.9 Å². The number of rotatable bonds is 9. The van der Waals surface area contributed by atoms with Crippen molar-refractivity contribution in [3.05, 3.63) is 94.5 Å². The number of methoxy groups -OCH3 is 1. The van der Waals surface area contributed by atoms with Crippen LogP contribution in [-0.2, 0) is 16.0 Å². The fourth-order valence-electron chi connectivity index (χ4n) is 2.96. The van der Waals surface area contributed by atoms with Crippen LogP contribution in [0.2, 0.25) is 5.02 Å². The molecule has 0 bridgehead atoms. The first-order chi connectivity index (χ1) is 15.5. The quantitative estimate of drug-likeness (QED) is 0.367. The number of aryl methyl sites for hydroxylation is 1. The second-order valence-electron chi connectivity index (χ2n) is 6.95. The van der Waals surface area contributed by atoms with Gasteiger partial charge in [0, 0.05) is 17.0 Å². The summed E-state index contributed by atoms with van der Waals surface area (Å²) in [7, 11) is 1.60. The summed E-state index contributed by atoms with van der Waals surface area (Å²) in [5.41, 5.74) is 1.89. The molecule has 3 rings (SSSR count). The number of ketones is 1. The van der Waals surface area contributed by atoms with Gasteiger partial charge in [0.25, 0.3) is 0 Å². The van der Waals surface area contributed by atoms with Crippen LogP contribution in [0.4, 0.5) is 5.69 Å². The van der Waals surface area contributed by atoms with E-state index in [2.05, 4.69) is 5.32 Å². The molecule has 0 aliphatic rings. The van der Waals surface area contributed by atoms with Crippen LogP contribution >= 0.6 is 11.6 Å². The molecule has 7 heteroatoms. The van der Waals surface area contributed by atoms with Gasteiger partial charge < -0.3 is 14.8 Å². The lowest BCUT2D eigenvalue weighted by molar-refractivity contribution is -0.116. The van der Waals surface area contributed by atoms with E-state index in [0.717, 1.165) is 11.3 Å². The number of hydrogen-bond acceptors (Lipinski definition) is 5. The molecule has 0 atom stereocenters. The molecule has 1 amide bonds. The molecule has 3 aromatic carbocycles. The zero-order valence-electron chi connectivity index (χ0n) is 17.5. The first-order valence-electron chi connectivity index (χ1n) is 9.94. The van der Waals surface area contributed by atoms with Crippen molar-refractivity contribution in [3.8, 4) is 5.75 Å². The lowest BCUT2D eigenvalue weighted by Gasteiger charge is -2.11. The van der Waals surface area contributed by atoms with Gasteiger partial charge in [-0.05, 0) is 60.5 Å². The van der Waals surface area contributed by atoms with Crippen molar-refractivity contribution in [1.82, 2.24) is 0 Å². The van der Waals surface area contributed by atoms with E-state index < -0.39 is 12.6 Å². The molecule has 0 fully saturated rings. The molecule has 0 heterocycles. The number of nitrogens with one attached hydrogen (secondary N) is 1. The Bertz CT molecular complexity index is 1090. The molecule has 0 saturated heterocycles. The lowest BCUT2D eigenvalue weighted by Crippen LogP contribution is -2.18. The van der Waals surface area contributed by atoms with Crippen molar-refractivity contribution >= 4 is 34.9 Å². The first kappa shape index (κ1) is 23.0. The van der Waals surface area contributed by atoms with Crippen molar-refractivity contribution in [2.45, 2.75) is 12.8 Å². The van der Waals surface area contributed by atoms with E-state index >= 15 is 0 Å². The Balaban J connectivity index is 1.56. The third kappa shape index (κ3) is 6.43. The minimum atomic E-state index is -0.696. The number of carbonyl (C=O) groups excluding carboxylic acids is 3. The summed E-state index contributed by atoms with van der Waals surface area (Å²) in [6.45, 7) is -0.416. The summed E-state index contributed by atoms with van der Waals surface area (Å²) in [6.07, 6.45) is 0.781. The summed E-state index contributed by atoms with van der Waals surface area (Å²) in [5, 5.41) is 3.26. The van der Waals surface area contributed by atoms with Gasteiger partial charge in [0.2, 0.25) is 5.91 Å². The molecule has 0 radical (unpaired) electrons. The number of Topliss-reactive ketones (excluding diaryl/α,β-unsaturated/α-hetero) is 1. The van der Waals surface area contributed by atoms with Crippen molar-refractivity contribution in [1.29, 1.82) is 0 Å². The number of amides is 1. The Labute approximate surface area is 191 Å². The lowest BCUT2D eigenvalue weighted by atomic mass is 10.1. The summed E-state index contributed by atoms with van der Waals surface area (Å²) in [6, 6.07) is 20.3. The number of para-hydroxylation sites is 1. The van der Waals surface area contributed by atoms with Crippen molar-refractivity contribution in [2.24, 2.45) is 0 Å². The number of ether oxygens (including phenoxy) is 2. The van der Waals surface area contributed by atoms with E-state index in [1.165, 1.54) is 6.07 Å². The van der Waals surface area contributed by atoms with E-state index in [4.69, 9.17) is 21.1 Å². The average molecular weight is 452 g/mol. The monoisotopic (exact) mass is 451 g/mol. The van der Waals surface area contributed by atoms with Gasteiger partial charge in [0.05, 0.1) is 18.4 Å². The maximum atomic E-state index is 12.5. The molecule has 6 nitrogen and oxygen atoms in total. The van der Waals surface area contributed by atoms with Gasteiger partial charge in [0.1, 0.15) is 5.75 Å². The number of anilines is 1. The largest absolute Gasteiger partial charge is 0.497 e. The normalized spacial score (nSPS) is 10.3. The average Bonchev–Trinajstić information content (AvgIpc) is 2.82. The van der Waals surface area contributed by atoms with Gasteiger partial charge in [-0.1, -0.05) is 35.9 Å². The van der Waals surface area contributed by atoms with Crippen LogP contribution < -0.4 is 10.1 Å². The first-order valence-corrected chi connectivity index (χ1v) is 10.3. The molecule has 0 saturated carbocycles. The minimum absolute atomic E-state index is 0.175. The second kappa shape index (κ2) is 11.1. The van der Waals surface area contributed by atoms with Gasteiger partial charge in [0.15, 0.2) is 12.4 Å². The zero-order chi connectivity index (χ0) is 22.9. The highest BCUT2D eigenvalue weighted by Crippen LogP contribution is 2.18. The number of carbonyl (C=O) groups is 3. The molecule has 3 aromatic rings. The van der Waals surface area contributed by atoms with E-state index in [1.807, 2.05) is 24.3 Å². The van der Waals surface area contributed by atoms with Gasteiger partial charge in [-0.15, -0.1) is 0 Å². The third-order valence-electron chi connectivity index (χ3n) is 4.72. The van der Waals surface area contributed by atoms with Gasteiger partial charge >= 0.3 is 5.97 Å². The molecule has 1 N–H and O–H groups in total. The van der Waals surface area contributed by atoms with E-state index in [1.54, 1.807) is 49.6 Å². The second-order valence-corrected chi connectivity index (χ2v) is 7.38. The standard InChI is InChI=1S/C25H22ClNO5/c1-31-20-13-6-17(7-14-20)8-15-24(29)27-22-5-3-2-4-21(22)25(30)32-16-23(28)18-9-11-19(26)12-10-18/h2-7,9-14H,8,15-16H2,1H3,(H,27,29). The van der Waals surface area contributed by atoms with Crippen LogP contribution in [0.15, 0.2) is 72.8 Å². The molecule has 0 aromatic heterocycles. The molecule has 32 heavy (non-hydrogen) atoms.